The predicted octanol–water partition coefficient (Wildman–Crippen LogP) is 6.12. The molecule has 0 nitrogen and oxygen atoms in total. The molecule has 0 saturated carbocycles. The molecule has 0 spiro atoms. The molecule has 0 heterocycles. The fourth-order valence-electron chi connectivity index (χ4n) is 2.38. The van der Waals surface area contributed by atoms with E-state index in [0.29, 0.717) is 0 Å². The monoisotopic (exact) mass is 372 g/mol. The quantitative estimate of drug-likeness (QED) is 0.346. The molecule has 2 aromatic carbocycles. The summed E-state index contributed by atoms with van der Waals surface area (Å²) >= 11 is 0. The highest BCUT2D eigenvalue weighted by Crippen LogP contribution is 2.41. The van der Waals surface area contributed by atoms with Crippen molar-refractivity contribution in [3.63, 3.8) is 0 Å². The maximum absolute atomic E-state index is 14.2. The van der Waals surface area contributed by atoms with Gasteiger partial charge in [-0.25, -0.2) is 39.5 Å². The van der Waals surface area contributed by atoms with Gasteiger partial charge in [0.2, 0.25) is 5.82 Å². The lowest BCUT2D eigenvalue weighted by Gasteiger charge is -2.19. The summed E-state index contributed by atoms with van der Waals surface area (Å²) in [5.41, 5.74) is -4.43. The second-order valence-corrected chi connectivity index (χ2v) is 5.30. The first-order chi connectivity index (χ1) is 11.6. The summed E-state index contributed by atoms with van der Waals surface area (Å²) in [4.78, 5) is 0. The van der Waals surface area contributed by atoms with Crippen LogP contribution in [0, 0.1) is 52.4 Å². The van der Waals surface area contributed by atoms with Gasteiger partial charge in [0.05, 0.1) is 5.56 Å². The standard InChI is InChI=1S/C16H9F9/c1-3-4(2)5-6(9(18)13(22)12(21)8(5)17)7-10(19)14(23)16(25)15(24)11(7)20/h4H,3H2,1-2H3. The highest BCUT2D eigenvalue weighted by molar-refractivity contribution is 5.71. The van der Waals surface area contributed by atoms with E-state index in [9.17, 15) is 39.5 Å². The lowest BCUT2D eigenvalue weighted by molar-refractivity contribution is 0.378. The molecule has 2 aromatic rings. The zero-order chi connectivity index (χ0) is 19.2. The highest BCUT2D eigenvalue weighted by Gasteiger charge is 2.35. The average molecular weight is 372 g/mol. The molecular formula is C16H9F9. The lowest BCUT2D eigenvalue weighted by Crippen LogP contribution is -2.12. The summed E-state index contributed by atoms with van der Waals surface area (Å²) in [7, 11) is 0. The van der Waals surface area contributed by atoms with E-state index in [-0.39, 0.29) is 6.42 Å². The Morgan fingerprint density at radius 3 is 1.24 bits per heavy atom. The molecule has 0 radical (unpaired) electrons. The van der Waals surface area contributed by atoms with Crippen LogP contribution in [0.2, 0.25) is 0 Å². The molecule has 0 saturated heterocycles. The second kappa shape index (κ2) is 6.61. The van der Waals surface area contributed by atoms with Crippen molar-refractivity contribution in [2.45, 2.75) is 26.2 Å². The third-order valence-electron chi connectivity index (χ3n) is 3.87. The van der Waals surface area contributed by atoms with Crippen LogP contribution in [0.15, 0.2) is 0 Å². The molecule has 25 heavy (non-hydrogen) atoms. The van der Waals surface area contributed by atoms with Crippen LogP contribution >= 0.6 is 0 Å². The normalized spacial score (nSPS) is 12.6. The van der Waals surface area contributed by atoms with Crippen molar-refractivity contribution in [2.24, 2.45) is 0 Å². The van der Waals surface area contributed by atoms with E-state index in [4.69, 9.17) is 0 Å². The maximum atomic E-state index is 14.2. The third kappa shape index (κ3) is 2.75. The van der Waals surface area contributed by atoms with Crippen LogP contribution in [0.4, 0.5) is 39.5 Å². The van der Waals surface area contributed by atoms with Gasteiger partial charge in [-0.15, -0.1) is 0 Å². The Labute approximate surface area is 135 Å². The molecule has 0 aliphatic carbocycles. The van der Waals surface area contributed by atoms with Crippen LogP contribution in [0.3, 0.4) is 0 Å². The van der Waals surface area contributed by atoms with Gasteiger partial charge >= 0.3 is 0 Å². The Morgan fingerprint density at radius 2 is 0.840 bits per heavy atom. The van der Waals surface area contributed by atoms with Crippen LogP contribution in [0.5, 0.6) is 0 Å². The molecule has 0 aliphatic heterocycles. The summed E-state index contributed by atoms with van der Waals surface area (Å²) in [6, 6.07) is 0. The molecule has 0 bridgehead atoms. The molecule has 0 N–H and O–H groups in total. The van der Waals surface area contributed by atoms with E-state index in [1.165, 1.54) is 13.8 Å². The van der Waals surface area contributed by atoms with Crippen molar-refractivity contribution in [3.8, 4) is 11.1 Å². The molecule has 0 aliphatic rings. The molecule has 1 unspecified atom stereocenters. The summed E-state index contributed by atoms with van der Waals surface area (Å²) in [6.07, 6.45) is -0.0240. The van der Waals surface area contributed by atoms with Crippen molar-refractivity contribution < 1.29 is 39.5 Å². The Kier molecular flexibility index (Phi) is 5.06. The molecule has 136 valence electrons. The fourth-order valence-corrected chi connectivity index (χ4v) is 2.38. The van der Waals surface area contributed by atoms with Gasteiger partial charge in [-0.3, -0.25) is 0 Å². The number of halogens is 9. The average Bonchev–Trinajstić information content (AvgIpc) is 2.60. The van der Waals surface area contributed by atoms with Gasteiger partial charge in [-0.05, 0) is 12.3 Å². The van der Waals surface area contributed by atoms with E-state index >= 15 is 0 Å². The van der Waals surface area contributed by atoms with E-state index in [1.54, 1.807) is 0 Å². The van der Waals surface area contributed by atoms with Gasteiger partial charge in [0.15, 0.2) is 46.5 Å². The lowest BCUT2D eigenvalue weighted by atomic mass is 9.88. The largest absolute Gasteiger partial charge is 0.203 e. The predicted molar refractivity (Wildman–Crippen MR) is 70.2 cm³/mol. The Morgan fingerprint density at radius 1 is 0.520 bits per heavy atom. The number of hydrogen-bond acceptors (Lipinski definition) is 0. The van der Waals surface area contributed by atoms with Crippen molar-refractivity contribution in [3.05, 3.63) is 57.9 Å². The molecule has 0 amide bonds. The molecule has 9 heteroatoms. The first kappa shape index (κ1) is 19.1. The smallest absolute Gasteiger partial charge is 0.200 e. The third-order valence-corrected chi connectivity index (χ3v) is 3.87. The van der Waals surface area contributed by atoms with Gasteiger partial charge in [0, 0.05) is 11.1 Å². The second-order valence-electron chi connectivity index (χ2n) is 5.30. The van der Waals surface area contributed by atoms with Crippen LogP contribution in [0.25, 0.3) is 11.1 Å². The Bertz CT molecular complexity index is 829. The highest BCUT2D eigenvalue weighted by atomic mass is 19.2. The zero-order valence-corrected chi connectivity index (χ0v) is 12.7. The van der Waals surface area contributed by atoms with Crippen molar-refractivity contribution in [1.29, 1.82) is 0 Å². The van der Waals surface area contributed by atoms with E-state index in [1.807, 2.05) is 0 Å². The van der Waals surface area contributed by atoms with Gasteiger partial charge < -0.3 is 0 Å². The van der Waals surface area contributed by atoms with Crippen molar-refractivity contribution in [1.82, 2.24) is 0 Å². The molecular weight excluding hydrogens is 363 g/mol. The van der Waals surface area contributed by atoms with Crippen molar-refractivity contribution >= 4 is 0 Å². The summed E-state index contributed by atoms with van der Waals surface area (Å²) in [5.74, 6) is -22.3. The molecule has 2 rings (SSSR count). The SMILES string of the molecule is CCC(C)c1c(F)c(F)c(F)c(F)c1-c1c(F)c(F)c(F)c(F)c1F. The number of benzene rings is 2. The molecule has 1 atom stereocenters. The van der Waals surface area contributed by atoms with Crippen LogP contribution in [0.1, 0.15) is 31.7 Å². The molecule has 0 fully saturated rings. The van der Waals surface area contributed by atoms with E-state index in [0.717, 1.165) is 0 Å². The Hall–Kier alpha value is -2.19. The first-order valence-corrected chi connectivity index (χ1v) is 6.93. The number of hydrogen-bond donors (Lipinski definition) is 0. The Balaban J connectivity index is 3.09. The van der Waals surface area contributed by atoms with Gasteiger partial charge in [-0.1, -0.05) is 13.8 Å². The number of rotatable bonds is 3. The van der Waals surface area contributed by atoms with Crippen LogP contribution in [-0.2, 0) is 0 Å². The minimum Gasteiger partial charge on any atom is -0.203 e. The van der Waals surface area contributed by atoms with Gasteiger partial charge in [0.1, 0.15) is 0 Å². The van der Waals surface area contributed by atoms with Crippen molar-refractivity contribution in [2.75, 3.05) is 0 Å². The minimum absolute atomic E-state index is 0.0240. The fraction of sp³-hybridized carbons (Fsp3) is 0.250. The van der Waals surface area contributed by atoms with E-state index in [2.05, 4.69) is 0 Å². The zero-order valence-electron chi connectivity index (χ0n) is 12.7. The summed E-state index contributed by atoms with van der Waals surface area (Å²) in [6.45, 7) is 2.59. The maximum Gasteiger partial charge on any atom is 0.200 e. The minimum atomic E-state index is -2.52. The van der Waals surface area contributed by atoms with Gasteiger partial charge in [0.25, 0.3) is 0 Å². The van der Waals surface area contributed by atoms with Crippen LogP contribution in [-0.4, -0.2) is 0 Å². The summed E-state index contributed by atoms with van der Waals surface area (Å²) < 4.78 is 123. The first-order valence-electron chi connectivity index (χ1n) is 6.93. The van der Waals surface area contributed by atoms with E-state index < -0.39 is 75.0 Å². The van der Waals surface area contributed by atoms with Gasteiger partial charge in [-0.2, -0.15) is 0 Å². The topological polar surface area (TPSA) is 0 Å². The van der Waals surface area contributed by atoms with Crippen LogP contribution < -0.4 is 0 Å². The summed E-state index contributed by atoms with van der Waals surface area (Å²) in [5, 5.41) is 0. The molecule has 0 aromatic heterocycles.